The predicted molar refractivity (Wildman–Crippen MR) is 119 cm³/mol. The summed E-state index contributed by atoms with van der Waals surface area (Å²) >= 11 is 6.10. The maximum absolute atomic E-state index is 12.9. The number of aryl methyl sites for hydroxylation is 1. The van der Waals surface area contributed by atoms with Crippen LogP contribution >= 0.6 is 11.6 Å². The Kier molecular flexibility index (Phi) is 5.69. The number of aromatic nitrogens is 1. The lowest BCUT2D eigenvalue weighted by Gasteiger charge is -2.35. The van der Waals surface area contributed by atoms with Gasteiger partial charge in [0.2, 0.25) is 0 Å². The van der Waals surface area contributed by atoms with Crippen LogP contribution in [0.1, 0.15) is 21.6 Å². The van der Waals surface area contributed by atoms with E-state index >= 15 is 0 Å². The third-order valence-corrected chi connectivity index (χ3v) is 5.72. The van der Waals surface area contributed by atoms with Crippen molar-refractivity contribution in [2.75, 3.05) is 38.1 Å². The third-order valence-electron chi connectivity index (χ3n) is 5.49. The van der Waals surface area contributed by atoms with Gasteiger partial charge in [-0.2, -0.15) is 0 Å². The molecule has 1 aliphatic rings. The van der Waals surface area contributed by atoms with Crippen LogP contribution in [0, 0.1) is 6.92 Å². The van der Waals surface area contributed by atoms with E-state index < -0.39 is 0 Å². The third kappa shape index (κ3) is 4.36. The number of anilines is 1. The zero-order valence-electron chi connectivity index (χ0n) is 16.8. The summed E-state index contributed by atoms with van der Waals surface area (Å²) < 4.78 is 0. The van der Waals surface area contributed by atoms with Crippen molar-refractivity contribution < 1.29 is 4.79 Å². The molecular weight excluding hydrogens is 384 g/mol. The summed E-state index contributed by atoms with van der Waals surface area (Å²) in [4.78, 5) is 22.2. The summed E-state index contributed by atoms with van der Waals surface area (Å²) in [5.74, 6) is -0.120. The average Bonchev–Trinajstić information content (AvgIpc) is 2.72. The van der Waals surface area contributed by atoms with Crippen molar-refractivity contribution in [1.29, 1.82) is 0 Å². The van der Waals surface area contributed by atoms with Crippen LogP contribution in [0.4, 0.5) is 5.69 Å². The highest BCUT2D eigenvalue weighted by molar-refractivity contribution is 6.31. The van der Waals surface area contributed by atoms with Crippen molar-refractivity contribution >= 4 is 34.1 Å². The number of carbonyl (C=O) groups is 1. The van der Waals surface area contributed by atoms with Crippen LogP contribution in [0.25, 0.3) is 10.9 Å². The largest absolute Gasteiger partial charge is 0.369 e. The van der Waals surface area contributed by atoms with Crippen LogP contribution in [0.2, 0.25) is 5.02 Å². The smallest absolute Gasteiger partial charge is 0.253 e. The molecule has 1 saturated heterocycles. The van der Waals surface area contributed by atoms with Crippen molar-refractivity contribution in [2.45, 2.75) is 13.5 Å². The molecule has 0 atom stereocenters. The Labute approximate surface area is 176 Å². The Bertz CT molecular complexity index is 1040. The molecule has 6 heteroatoms. The average molecular weight is 409 g/mol. The molecule has 1 amide bonds. The minimum atomic E-state index is -0.120. The van der Waals surface area contributed by atoms with Crippen LogP contribution < -0.4 is 10.2 Å². The van der Waals surface area contributed by atoms with E-state index in [0.29, 0.717) is 22.8 Å². The Morgan fingerprint density at radius 2 is 1.86 bits per heavy atom. The number of para-hydroxylation sites is 1. The summed E-state index contributed by atoms with van der Waals surface area (Å²) in [6.07, 6.45) is 0. The number of hydrogen-bond acceptors (Lipinski definition) is 4. The molecule has 0 unspecified atom stereocenters. The van der Waals surface area contributed by atoms with Crippen LogP contribution in [0.3, 0.4) is 0 Å². The van der Waals surface area contributed by atoms with E-state index in [4.69, 9.17) is 11.6 Å². The molecule has 0 radical (unpaired) electrons. The number of halogens is 1. The first-order valence-corrected chi connectivity index (χ1v) is 10.3. The summed E-state index contributed by atoms with van der Waals surface area (Å²) in [6.45, 7) is 6.43. The lowest BCUT2D eigenvalue weighted by molar-refractivity contribution is 0.0950. The summed E-state index contributed by atoms with van der Waals surface area (Å²) in [5, 5.41) is 4.58. The van der Waals surface area contributed by atoms with Gasteiger partial charge in [-0.1, -0.05) is 29.8 Å². The van der Waals surface area contributed by atoms with Gasteiger partial charge < -0.3 is 15.1 Å². The fraction of sp³-hybridized carbons (Fsp3) is 0.304. The van der Waals surface area contributed by atoms with Crippen LogP contribution in [-0.2, 0) is 6.54 Å². The van der Waals surface area contributed by atoms with Crippen molar-refractivity contribution in [2.24, 2.45) is 0 Å². The number of benzene rings is 2. The van der Waals surface area contributed by atoms with Gasteiger partial charge in [-0.3, -0.25) is 9.78 Å². The number of nitrogens with zero attached hydrogens (tertiary/aromatic N) is 3. The SMILES string of the molecule is Cc1nc2ccc(Cl)cc2cc1C(=O)NCc1ccccc1N1CCN(C)CC1. The van der Waals surface area contributed by atoms with Crippen molar-refractivity contribution in [3.63, 3.8) is 0 Å². The molecule has 2 aromatic carbocycles. The number of pyridine rings is 1. The number of carbonyl (C=O) groups excluding carboxylic acids is 1. The lowest BCUT2D eigenvalue weighted by Crippen LogP contribution is -2.45. The molecule has 29 heavy (non-hydrogen) atoms. The second kappa shape index (κ2) is 8.39. The molecule has 1 fully saturated rings. The van der Waals surface area contributed by atoms with E-state index in [9.17, 15) is 4.79 Å². The summed E-state index contributed by atoms with van der Waals surface area (Å²) in [5.41, 5.74) is 4.45. The van der Waals surface area contributed by atoms with Gasteiger partial charge in [0.05, 0.1) is 16.8 Å². The molecule has 1 aliphatic heterocycles. The van der Waals surface area contributed by atoms with Gasteiger partial charge in [-0.25, -0.2) is 0 Å². The molecule has 0 saturated carbocycles. The number of hydrogen-bond donors (Lipinski definition) is 1. The first-order chi connectivity index (χ1) is 14.0. The Balaban J connectivity index is 1.52. The fourth-order valence-corrected chi connectivity index (χ4v) is 3.94. The Morgan fingerprint density at radius 3 is 2.66 bits per heavy atom. The molecule has 0 bridgehead atoms. The second-order valence-corrected chi connectivity index (χ2v) is 8.00. The zero-order chi connectivity index (χ0) is 20.4. The lowest BCUT2D eigenvalue weighted by atomic mass is 10.1. The van der Waals surface area contributed by atoms with E-state index in [1.54, 1.807) is 0 Å². The maximum Gasteiger partial charge on any atom is 0.253 e. The van der Waals surface area contributed by atoms with Gasteiger partial charge >= 0.3 is 0 Å². The zero-order valence-corrected chi connectivity index (χ0v) is 17.5. The molecule has 0 aliphatic carbocycles. The van der Waals surface area contributed by atoms with Gasteiger partial charge in [-0.15, -0.1) is 0 Å². The van der Waals surface area contributed by atoms with Crippen molar-refractivity contribution in [3.05, 3.63) is 70.4 Å². The molecule has 1 aromatic heterocycles. The number of piperazine rings is 1. The molecule has 1 N–H and O–H groups in total. The summed E-state index contributed by atoms with van der Waals surface area (Å²) in [7, 11) is 2.15. The first kappa shape index (κ1) is 19.7. The number of fused-ring (bicyclic) bond motifs is 1. The van der Waals surface area contributed by atoms with Gasteiger partial charge in [0.15, 0.2) is 0 Å². The van der Waals surface area contributed by atoms with Crippen LogP contribution in [0.5, 0.6) is 0 Å². The van der Waals surface area contributed by atoms with Crippen molar-refractivity contribution in [3.8, 4) is 0 Å². The molecule has 3 aromatic rings. The monoisotopic (exact) mass is 408 g/mol. The quantitative estimate of drug-likeness (QED) is 0.711. The fourth-order valence-electron chi connectivity index (χ4n) is 3.76. The normalized spacial score (nSPS) is 14.9. The van der Waals surface area contributed by atoms with E-state index in [1.165, 1.54) is 5.69 Å². The minimum Gasteiger partial charge on any atom is -0.369 e. The van der Waals surface area contributed by atoms with E-state index in [0.717, 1.165) is 42.6 Å². The van der Waals surface area contributed by atoms with Gasteiger partial charge in [0.1, 0.15) is 0 Å². The highest BCUT2D eigenvalue weighted by atomic mass is 35.5. The maximum atomic E-state index is 12.9. The predicted octanol–water partition coefficient (Wildman–Crippen LogP) is 3.88. The molecule has 150 valence electrons. The topological polar surface area (TPSA) is 48.5 Å². The number of nitrogens with one attached hydrogen (secondary N) is 1. The molecular formula is C23H25ClN4O. The van der Waals surface area contributed by atoms with Gasteiger partial charge in [-0.05, 0) is 49.9 Å². The van der Waals surface area contributed by atoms with Crippen molar-refractivity contribution in [1.82, 2.24) is 15.2 Å². The highest BCUT2D eigenvalue weighted by Gasteiger charge is 2.18. The molecule has 0 spiro atoms. The number of rotatable bonds is 4. The second-order valence-electron chi connectivity index (χ2n) is 7.56. The van der Waals surface area contributed by atoms with E-state index in [-0.39, 0.29) is 5.91 Å². The molecule has 4 rings (SSSR count). The van der Waals surface area contributed by atoms with E-state index in [1.807, 2.05) is 37.3 Å². The number of likely N-dealkylation sites (N-methyl/N-ethyl adjacent to an activating group) is 1. The van der Waals surface area contributed by atoms with Gasteiger partial charge in [0.25, 0.3) is 5.91 Å². The highest BCUT2D eigenvalue weighted by Crippen LogP contribution is 2.23. The van der Waals surface area contributed by atoms with Crippen LogP contribution in [0.15, 0.2) is 48.5 Å². The van der Waals surface area contributed by atoms with Crippen LogP contribution in [-0.4, -0.2) is 49.0 Å². The van der Waals surface area contributed by atoms with E-state index in [2.05, 4.69) is 45.3 Å². The standard InChI is InChI=1S/C23H25ClN4O/c1-16-20(14-18-13-19(24)7-8-21(18)26-16)23(29)25-15-17-5-3-4-6-22(17)28-11-9-27(2)10-12-28/h3-8,13-14H,9-12,15H2,1-2H3,(H,25,29). The first-order valence-electron chi connectivity index (χ1n) is 9.88. The Morgan fingerprint density at radius 1 is 1.10 bits per heavy atom. The molecule has 5 nitrogen and oxygen atoms in total. The van der Waals surface area contributed by atoms with Gasteiger partial charge in [0, 0.05) is 48.8 Å². The minimum absolute atomic E-state index is 0.120. The summed E-state index contributed by atoms with van der Waals surface area (Å²) in [6, 6.07) is 15.7. The Hall–Kier alpha value is -2.63. The molecule has 2 heterocycles. The number of amides is 1.